The van der Waals surface area contributed by atoms with E-state index in [0.717, 1.165) is 25.3 Å². The Morgan fingerprint density at radius 2 is 1.40 bits per heavy atom. The molecule has 0 amide bonds. The molecule has 0 aliphatic heterocycles. The standard InChI is InChI=1S/C23H33NO/c1-17-11-10-12-18(2)22(17)23-19(3)13-14-21(20(23)4)25-16-9-7-6-8-15-24-5/h10-14,24H,6-9,15-16H2,1-5H3. The Hall–Kier alpha value is -1.80. The number of benzene rings is 2. The maximum absolute atomic E-state index is 6.12. The summed E-state index contributed by atoms with van der Waals surface area (Å²) in [5, 5.41) is 3.20. The molecular formula is C23H33NO. The molecule has 0 saturated heterocycles. The average molecular weight is 340 g/mol. The van der Waals surface area contributed by atoms with E-state index in [-0.39, 0.29) is 0 Å². The summed E-state index contributed by atoms with van der Waals surface area (Å²) < 4.78 is 6.12. The van der Waals surface area contributed by atoms with Gasteiger partial charge < -0.3 is 10.1 Å². The molecule has 2 nitrogen and oxygen atoms in total. The molecule has 0 atom stereocenters. The highest BCUT2D eigenvalue weighted by atomic mass is 16.5. The summed E-state index contributed by atoms with van der Waals surface area (Å²) in [6, 6.07) is 10.8. The van der Waals surface area contributed by atoms with Crippen molar-refractivity contribution in [2.75, 3.05) is 20.2 Å². The molecule has 1 N–H and O–H groups in total. The van der Waals surface area contributed by atoms with Crippen LogP contribution >= 0.6 is 0 Å². The minimum Gasteiger partial charge on any atom is -0.493 e. The topological polar surface area (TPSA) is 21.3 Å². The normalized spacial score (nSPS) is 10.9. The summed E-state index contributed by atoms with van der Waals surface area (Å²) in [5.41, 5.74) is 7.92. The van der Waals surface area contributed by atoms with Crippen LogP contribution in [0, 0.1) is 27.7 Å². The van der Waals surface area contributed by atoms with E-state index >= 15 is 0 Å². The summed E-state index contributed by atoms with van der Waals surface area (Å²) in [5.74, 6) is 1.03. The molecule has 0 radical (unpaired) electrons. The quantitative estimate of drug-likeness (QED) is 0.588. The lowest BCUT2D eigenvalue weighted by Crippen LogP contribution is -2.07. The summed E-state index contributed by atoms with van der Waals surface area (Å²) in [7, 11) is 2.01. The first kappa shape index (κ1) is 19.5. The van der Waals surface area contributed by atoms with Gasteiger partial charge in [-0.05, 0) is 93.6 Å². The molecule has 0 aliphatic rings. The van der Waals surface area contributed by atoms with Gasteiger partial charge in [0.25, 0.3) is 0 Å². The maximum atomic E-state index is 6.12. The van der Waals surface area contributed by atoms with Crippen molar-refractivity contribution in [3.8, 4) is 16.9 Å². The molecule has 0 aromatic heterocycles. The lowest BCUT2D eigenvalue weighted by Gasteiger charge is -2.18. The predicted octanol–water partition coefficient (Wildman–Crippen LogP) is 5.75. The monoisotopic (exact) mass is 339 g/mol. The first-order chi connectivity index (χ1) is 12.1. The van der Waals surface area contributed by atoms with Crippen LogP contribution < -0.4 is 10.1 Å². The molecule has 0 bridgehead atoms. The number of rotatable bonds is 9. The van der Waals surface area contributed by atoms with Crippen LogP contribution in [-0.2, 0) is 0 Å². The third-order valence-corrected chi connectivity index (χ3v) is 4.93. The third kappa shape index (κ3) is 5.09. The number of ether oxygens (including phenoxy) is 1. The van der Waals surface area contributed by atoms with E-state index in [9.17, 15) is 0 Å². The molecule has 2 aromatic rings. The predicted molar refractivity (Wildman–Crippen MR) is 109 cm³/mol. The van der Waals surface area contributed by atoms with Crippen molar-refractivity contribution in [2.24, 2.45) is 0 Å². The van der Waals surface area contributed by atoms with Gasteiger partial charge in [0, 0.05) is 0 Å². The van der Waals surface area contributed by atoms with Crippen molar-refractivity contribution in [3.63, 3.8) is 0 Å². The van der Waals surface area contributed by atoms with E-state index in [0.29, 0.717) is 0 Å². The van der Waals surface area contributed by atoms with Gasteiger partial charge in [-0.25, -0.2) is 0 Å². The molecule has 0 heterocycles. The zero-order valence-corrected chi connectivity index (χ0v) is 16.5. The second-order valence-electron chi connectivity index (χ2n) is 7.01. The van der Waals surface area contributed by atoms with Crippen LogP contribution in [0.15, 0.2) is 30.3 Å². The van der Waals surface area contributed by atoms with Gasteiger partial charge >= 0.3 is 0 Å². The van der Waals surface area contributed by atoms with Crippen LogP contribution in [0.4, 0.5) is 0 Å². The van der Waals surface area contributed by atoms with Crippen molar-refractivity contribution >= 4 is 0 Å². The van der Waals surface area contributed by atoms with E-state index in [4.69, 9.17) is 4.74 Å². The van der Waals surface area contributed by atoms with Crippen molar-refractivity contribution in [2.45, 2.75) is 53.4 Å². The number of hydrogen-bond donors (Lipinski definition) is 1. The van der Waals surface area contributed by atoms with Crippen molar-refractivity contribution in [3.05, 3.63) is 52.6 Å². The molecule has 0 spiro atoms. The van der Waals surface area contributed by atoms with Gasteiger partial charge in [-0.1, -0.05) is 37.1 Å². The molecule has 0 fully saturated rings. The summed E-state index contributed by atoms with van der Waals surface area (Å²) in [4.78, 5) is 0. The minimum atomic E-state index is 0.801. The fraction of sp³-hybridized carbons (Fsp3) is 0.478. The van der Waals surface area contributed by atoms with Gasteiger partial charge in [0.1, 0.15) is 5.75 Å². The Kier molecular flexibility index (Phi) is 7.52. The van der Waals surface area contributed by atoms with Gasteiger partial charge in [-0.2, -0.15) is 0 Å². The lowest BCUT2D eigenvalue weighted by molar-refractivity contribution is 0.303. The molecular weight excluding hydrogens is 306 g/mol. The molecule has 0 unspecified atom stereocenters. The van der Waals surface area contributed by atoms with Gasteiger partial charge in [-0.3, -0.25) is 0 Å². The fourth-order valence-electron chi connectivity index (χ4n) is 3.52. The fourth-order valence-corrected chi connectivity index (χ4v) is 3.52. The van der Waals surface area contributed by atoms with E-state index in [1.807, 2.05) is 7.05 Å². The highest BCUT2D eigenvalue weighted by Crippen LogP contribution is 2.36. The maximum Gasteiger partial charge on any atom is 0.122 e. The highest BCUT2D eigenvalue weighted by molar-refractivity contribution is 5.78. The number of aryl methyl sites for hydroxylation is 3. The molecule has 2 rings (SSSR count). The van der Waals surface area contributed by atoms with Crippen molar-refractivity contribution < 1.29 is 4.74 Å². The van der Waals surface area contributed by atoms with Crippen LogP contribution in [0.2, 0.25) is 0 Å². The number of unbranched alkanes of at least 4 members (excludes halogenated alkanes) is 3. The first-order valence-electron chi connectivity index (χ1n) is 9.50. The average Bonchev–Trinajstić information content (AvgIpc) is 2.58. The Bertz CT molecular complexity index is 670. The molecule has 25 heavy (non-hydrogen) atoms. The molecule has 0 saturated carbocycles. The van der Waals surface area contributed by atoms with Crippen LogP contribution in [0.1, 0.15) is 47.9 Å². The smallest absolute Gasteiger partial charge is 0.122 e. The first-order valence-corrected chi connectivity index (χ1v) is 9.50. The van der Waals surface area contributed by atoms with Gasteiger partial charge in [0.15, 0.2) is 0 Å². The van der Waals surface area contributed by atoms with Gasteiger partial charge in [0.05, 0.1) is 6.61 Å². The zero-order valence-electron chi connectivity index (χ0n) is 16.5. The van der Waals surface area contributed by atoms with E-state index in [1.165, 1.54) is 52.6 Å². The van der Waals surface area contributed by atoms with Gasteiger partial charge in [0.2, 0.25) is 0 Å². The summed E-state index contributed by atoms with van der Waals surface area (Å²) in [6.45, 7) is 10.7. The Balaban J connectivity index is 2.10. The van der Waals surface area contributed by atoms with E-state index < -0.39 is 0 Å². The second kappa shape index (κ2) is 9.62. The summed E-state index contributed by atoms with van der Waals surface area (Å²) >= 11 is 0. The molecule has 136 valence electrons. The minimum absolute atomic E-state index is 0.801. The molecule has 0 aliphatic carbocycles. The van der Waals surface area contributed by atoms with Gasteiger partial charge in [-0.15, -0.1) is 0 Å². The highest BCUT2D eigenvalue weighted by Gasteiger charge is 2.14. The van der Waals surface area contributed by atoms with Crippen LogP contribution in [0.3, 0.4) is 0 Å². The van der Waals surface area contributed by atoms with Crippen LogP contribution in [-0.4, -0.2) is 20.2 Å². The Labute approximate surface area is 153 Å². The van der Waals surface area contributed by atoms with Crippen LogP contribution in [0.25, 0.3) is 11.1 Å². The third-order valence-electron chi connectivity index (χ3n) is 4.93. The van der Waals surface area contributed by atoms with Crippen molar-refractivity contribution in [1.82, 2.24) is 5.32 Å². The second-order valence-corrected chi connectivity index (χ2v) is 7.01. The Morgan fingerprint density at radius 1 is 0.760 bits per heavy atom. The lowest BCUT2D eigenvalue weighted by atomic mass is 9.89. The number of hydrogen-bond acceptors (Lipinski definition) is 2. The van der Waals surface area contributed by atoms with E-state index in [2.05, 4.69) is 63.3 Å². The van der Waals surface area contributed by atoms with Crippen LogP contribution in [0.5, 0.6) is 5.75 Å². The van der Waals surface area contributed by atoms with E-state index in [1.54, 1.807) is 0 Å². The SMILES string of the molecule is CNCCCCCCOc1ccc(C)c(-c2c(C)cccc2C)c1C. The Morgan fingerprint density at radius 3 is 2.08 bits per heavy atom. The largest absolute Gasteiger partial charge is 0.493 e. The molecule has 2 heteroatoms. The number of nitrogens with one attached hydrogen (secondary N) is 1. The molecule has 2 aromatic carbocycles. The zero-order chi connectivity index (χ0) is 18.2. The summed E-state index contributed by atoms with van der Waals surface area (Å²) in [6.07, 6.45) is 4.87. The van der Waals surface area contributed by atoms with Crippen molar-refractivity contribution in [1.29, 1.82) is 0 Å².